The average molecular weight is 235 g/mol. The highest BCUT2D eigenvalue weighted by Gasteiger charge is 2.08. The number of rotatable bonds is 5. The van der Waals surface area contributed by atoms with E-state index in [0.717, 1.165) is 5.56 Å². The minimum Gasteiger partial charge on any atom is -0.396 e. The van der Waals surface area contributed by atoms with Crippen molar-refractivity contribution in [2.75, 3.05) is 13.7 Å². The number of aliphatic hydroxyl groups excluding tert-OH is 1. The number of nitrogens with zero attached hydrogens (tertiary/aromatic N) is 1. The van der Waals surface area contributed by atoms with Crippen LogP contribution in [0.2, 0.25) is 0 Å². The molecule has 0 atom stereocenters. The van der Waals surface area contributed by atoms with E-state index in [2.05, 4.69) is 38.1 Å². The molecule has 0 radical (unpaired) electrons. The van der Waals surface area contributed by atoms with E-state index in [9.17, 15) is 4.79 Å². The summed E-state index contributed by atoms with van der Waals surface area (Å²) in [5.74, 6) is 0.498. The van der Waals surface area contributed by atoms with Gasteiger partial charge >= 0.3 is 0 Å². The molecule has 94 valence electrons. The largest absolute Gasteiger partial charge is 0.396 e. The van der Waals surface area contributed by atoms with E-state index in [-0.39, 0.29) is 18.9 Å². The van der Waals surface area contributed by atoms with Gasteiger partial charge in [-0.3, -0.25) is 4.79 Å². The minimum atomic E-state index is -0.0878. The fourth-order valence-corrected chi connectivity index (χ4v) is 1.66. The summed E-state index contributed by atoms with van der Waals surface area (Å²) in [6, 6.07) is 8.31. The van der Waals surface area contributed by atoms with Crippen molar-refractivity contribution >= 4 is 5.91 Å². The number of aliphatic hydroxyl groups is 1. The first kappa shape index (κ1) is 13.7. The van der Waals surface area contributed by atoms with Crippen LogP contribution >= 0.6 is 0 Å². The van der Waals surface area contributed by atoms with Gasteiger partial charge in [-0.15, -0.1) is 0 Å². The van der Waals surface area contributed by atoms with Gasteiger partial charge in [0.1, 0.15) is 0 Å². The summed E-state index contributed by atoms with van der Waals surface area (Å²) in [6.45, 7) is 4.82. The van der Waals surface area contributed by atoms with Gasteiger partial charge in [0.15, 0.2) is 0 Å². The summed E-state index contributed by atoms with van der Waals surface area (Å²) in [5.41, 5.74) is 2.42. The van der Waals surface area contributed by atoms with Crippen LogP contribution in [0.1, 0.15) is 37.3 Å². The Bertz CT molecular complexity index is 357. The van der Waals surface area contributed by atoms with Gasteiger partial charge in [-0.05, 0) is 17.0 Å². The molecule has 1 N–H and O–H groups in total. The third-order valence-corrected chi connectivity index (χ3v) is 2.82. The molecule has 17 heavy (non-hydrogen) atoms. The molecule has 0 saturated heterocycles. The predicted octanol–water partition coefficient (Wildman–Crippen LogP) is 2.15. The van der Waals surface area contributed by atoms with Gasteiger partial charge in [-0.1, -0.05) is 38.1 Å². The fourth-order valence-electron chi connectivity index (χ4n) is 1.66. The molecule has 1 aromatic rings. The minimum absolute atomic E-state index is 0.0274. The van der Waals surface area contributed by atoms with E-state index >= 15 is 0 Å². The van der Waals surface area contributed by atoms with Crippen LogP contribution in [0.5, 0.6) is 0 Å². The lowest BCUT2D eigenvalue weighted by Gasteiger charge is -2.17. The van der Waals surface area contributed by atoms with Gasteiger partial charge in [0, 0.05) is 20.0 Å². The third kappa shape index (κ3) is 4.19. The Balaban J connectivity index is 2.60. The molecule has 1 amide bonds. The Hall–Kier alpha value is -1.35. The molecule has 0 aliphatic rings. The molecule has 0 unspecified atom stereocenters. The highest BCUT2D eigenvalue weighted by atomic mass is 16.3. The maximum atomic E-state index is 11.5. The van der Waals surface area contributed by atoms with E-state index in [4.69, 9.17) is 5.11 Å². The van der Waals surface area contributed by atoms with Crippen molar-refractivity contribution in [2.45, 2.75) is 32.7 Å². The SMILES string of the molecule is CC(C)c1ccc(CN(C)C(=O)CCO)cc1. The summed E-state index contributed by atoms with van der Waals surface area (Å²) >= 11 is 0. The molecule has 0 spiro atoms. The van der Waals surface area contributed by atoms with E-state index < -0.39 is 0 Å². The molecule has 0 heterocycles. The number of amides is 1. The zero-order valence-corrected chi connectivity index (χ0v) is 10.8. The normalized spacial score (nSPS) is 10.6. The van der Waals surface area contributed by atoms with Gasteiger partial charge < -0.3 is 10.0 Å². The molecule has 3 heteroatoms. The highest BCUT2D eigenvalue weighted by molar-refractivity contribution is 5.75. The summed E-state index contributed by atoms with van der Waals surface area (Å²) in [4.78, 5) is 13.1. The van der Waals surface area contributed by atoms with Crippen molar-refractivity contribution in [1.29, 1.82) is 0 Å². The summed E-state index contributed by atoms with van der Waals surface area (Å²) in [5, 5.41) is 8.70. The number of carbonyl (C=O) groups is 1. The van der Waals surface area contributed by atoms with Crippen LogP contribution in [0, 0.1) is 0 Å². The summed E-state index contributed by atoms with van der Waals surface area (Å²) in [7, 11) is 1.76. The van der Waals surface area contributed by atoms with Crippen molar-refractivity contribution < 1.29 is 9.90 Å². The molecule has 1 rings (SSSR count). The van der Waals surface area contributed by atoms with E-state index in [1.807, 2.05) is 0 Å². The fraction of sp³-hybridized carbons (Fsp3) is 0.500. The molecular formula is C14H21NO2. The lowest BCUT2D eigenvalue weighted by Crippen LogP contribution is -2.26. The van der Waals surface area contributed by atoms with E-state index in [0.29, 0.717) is 12.5 Å². The average Bonchev–Trinajstić information content (AvgIpc) is 2.30. The monoisotopic (exact) mass is 235 g/mol. The molecule has 3 nitrogen and oxygen atoms in total. The van der Waals surface area contributed by atoms with Gasteiger partial charge in [0.25, 0.3) is 0 Å². The number of hydrogen-bond donors (Lipinski definition) is 1. The van der Waals surface area contributed by atoms with Crippen LogP contribution in [0.25, 0.3) is 0 Å². The molecule has 0 saturated carbocycles. The maximum absolute atomic E-state index is 11.5. The molecule has 1 aromatic carbocycles. The Labute approximate surface area is 103 Å². The molecule has 0 aromatic heterocycles. The van der Waals surface area contributed by atoms with Gasteiger partial charge in [0.2, 0.25) is 5.91 Å². The standard InChI is InChI=1S/C14H21NO2/c1-11(2)13-6-4-12(5-7-13)10-15(3)14(17)8-9-16/h4-7,11,16H,8-10H2,1-3H3. The quantitative estimate of drug-likeness (QED) is 0.849. The van der Waals surface area contributed by atoms with Gasteiger partial charge in [0.05, 0.1) is 6.61 Å². The van der Waals surface area contributed by atoms with Crippen LogP contribution in [0.3, 0.4) is 0 Å². The van der Waals surface area contributed by atoms with Crippen LogP contribution in [-0.2, 0) is 11.3 Å². The van der Waals surface area contributed by atoms with Crippen molar-refractivity contribution in [2.24, 2.45) is 0 Å². The summed E-state index contributed by atoms with van der Waals surface area (Å²) in [6.07, 6.45) is 0.195. The number of carbonyl (C=O) groups excluding carboxylic acids is 1. The second-order valence-corrected chi connectivity index (χ2v) is 4.62. The van der Waals surface area contributed by atoms with Gasteiger partial charge in [-0.2, -0.15) is 0 Å². The Morgan fingerprint density at radius 1 is 1.29 bits per heavy atom. The number of benzene rings is 1. The van der Waals surface area contributed by atoms with E-state index in [1.165, 1.54) is 5.56 Å². The zero-order valence-electron chi connectivity index (χ0n) is 10.8. The molecular weight excluding hydrogens is 214 g/mol. The van der Waals surface area contributed by atoms with Crippen LogP contribution in [0.15, 0.2) is 24.3 Å². The van der Waals surface area contributed by atoms with Gasteiger partial charge in [-0.25, -0.2) is 0 Å². The Kier molecular flexibility index (Phi) is 5.16. The molecule has 0 aliphatic heterocycles. The molecule has 0 aliphatic carbocycles. The smallest absolute Gasteiger partial charge is 0.224 e. The van der Waals surface area contributed by atoms with Crippen LogP contribution < -0.4 is 0 Å². The van der Waals surface area contributed by atoms with Crippen LogP contribution in [0.4, 0.5) is 0 Å². The lowest BCUT2D eigenvalue weighted by molar-refractivity contribution is -0.131. The van der Waals surface area contributed by atoms with Crippen molar-refractivity contribution in [3.63, 3.8) is 0 Å². The first-order valence-electron chi connectivity index (χ1n) is 5.98. The molecule has 0 fully saturated rings. The second-order valence-electron chi connectivity index (χ2n) is 4.62. The van der Waals surface area contributed by atoms with E-state index in [1.54, 1.807) is 11.9 Å². The number of hydrogen-bond acceptors (Lipinski definition) is 2. The predicted molar refractivity (Wildman–Crippen MR) is 68.7 cm³/mol. The summed E-state index contributed by atoms with van der Waals surface area (Å²) < 4.78 is 0. The van der Waals surface area contributed by atoms with Crippen molar-refractivity contribution in [3.05, 3.63) is 35.4 Å². The molecule has 0 bridgehead atoms. The second kappa shape index (κ2) is 6.40. The Morgan fingerprint density at radius 2 is 1.88 bits per heavy atom. The topological polar surface area (TPSA) is 40.5 Å². The first-order valence-corrected chi connectivity index (χ1v) is 5.98. The first-order chi connectivity index (χ1) is 8.04. The highest BCUT2D eigenvalue weighted by Crippen LogP contribution is 2.15. The van der Waals surface area contributed by atoms with Crippen LogP contribution in [-0.4, -0.2) is 29.6 Å². The van der Waals surface area contributed by atoms with Crippen molar-refractivity contribution in [1.82, 2.24) is 4.90 Å². The maximum Gasteiger partial charge on any atom is 0.224 e. The third-order valence-electron chi connectivity index (χ3n) is 2.82. The lowest BCUT2D eigenvalue weighted by atomic mass is 10.0. The zero-order chi connectivity index (χ0) is 12.8. The Morgan fingerprint density at radius 3 is 2.35 bits per heavy atom. The van der Waals surface area contributed by atoms with Crippen molar-refractivity contribution in [3.8, 4) is 0 Å².